The molecule has 0 unspecified atom stereocenters. The zero-order valence-electron chi connectivity index (χ0n) is 73.1. The molecule has 46 nitrogen and oxygen atoms in total. The number of benzene rings is 3. The second kappa shape index (κ2) is 53.4. The maximum atomic E-state index is 15.0. The number of rotatable bonds is 53. The number of hydrogen-bond acceptors (Lipinski definition) is 28. The number of aromatic hydroxyl groups is 3. The van der Waals surface area contributed by atoms with Crippen molar-refractivity contribution in [3.8, 4) is 17.2 Å². The van der Waals surface area contributed by atoms with E-state index < -0.39 is 228 Å². The summed E-state index contributed by atoms with van der Waals surface area (Å²) in [5.41, 5.74) is 24.4. The number of amides is 16. The normalized spacial score (nSPS) is 17.5. The van der Waals surface area contributed by atoms with Crippen LogP contribution in [-0.2, 0) is 107 Å². The van der Waals surface area contributed by atoms with Crippen LogP contribution in [0.2, 0.25) is 0 Å². The monoisotopic (exact) mass is 1880 g/mol. The van der Waals surface area contributed by atoms with Crippen LogP contribution < -0.4 is 103 Å². The fraction of sp³-hybridized carbons (Fsp3) is 0.536. The van der Waals surface area contributed by atoms with Gasteiger partial charge in [0.25, 0.3) is 0 Å². The number of nitrogens with two attached hydrogens (primary N) is 4. The molecule has 3 aliphatic heterocycles. The van der Waals surface area contributed by atoms with Crippen LogP contribution in [0.3, 0.4) is 0 Å². The van der Waals surface area contributed by atoms with Gasteiger partial charge >= 0.3 is 5.97 Å². The number of thiol groups is 2. The van der Waals surface area contributed by atoms with Gasteiger partial charge in [-0.15, -0.1) is 0 Å². The van der Waals surface area contributed by atoms with Crippen LogP contribution in [0.1, 0.15) is 126 Å². The zero-order chi connectivity index (χ0) is 96.8. The predicted molar refractivity (Wildman–Crippen MR) is 481 cm³/mol. The first kappa shape index (κ1) is 106. The van der Waals surface area contributed by atoms with Crippen molar-refractivity contribution >= 4 is 132 Å². The molecule has 722 valence electrons. The number of phenols is 3. The molecule has 30 N–H and O–H groups in total. The molecule has 3 fully saturated rings. The van der Waals surface area contributed by atoms with Gasteiger partial charge in [-0.25, -0.2) is 9.78 Å². The Kier molecular flexibility index (Phi) is 42.9. The molecule has 4 aromatic rings. The Morgan fingerprint density at radius 2 is 0.871 bits per heavy atom. The summed E-state index contributed by atoms with van der Waals surface area (Å²) >= 11 is 8.56. The number of carbonyl (C=O) groups is 17. The van der Waals surface area contributed by atoms with E-state index in [2.05, 4.69) is 115 Å². The lowest BCUT2D eigenvalue weighted by molar-refractivity contribution is -0.142. The number of aromatic nitrogens is 2. The Morgan fingerprint density at radius 1 is 0.462 bits per heavy atom. The Balaban J connectivity index is 1.01. The van der Waals surface area contributed by atoms with Crippen molar-refractivity contribution < 1.29 is 107 Å². The molecule has 132 heavy (non-hydrogen) atoms. The van der Waals surface area contributed by atoms with E-state index in [4.69, 9.17) is 28.3 Å². The lowest BCUT2D eigenvalue weighted by Gasteiger charge is -2.31. The minimum Gasteiger partial charge on any atom is -0.508 e. The van der Waals surface area contributed by atoms with Crippen LogP contribution in [0.15, 0.2) is 85.3 Å². The van der Waals surface area contributed by atoms with Gasteiger partial charge in [-0.2, -0.15) is 25.3 Å². The summed E-state index contributed by atoms with van der Waals surface area (Å²) < 4.78 is 0. The van der Waals surface area contributed by atoms with Crippen molar-refractivity contribution in [2.45, 2.75) is 226 Å². The van der Waals surface area contributed by atoms with Crippen molar-refractivity contribution in [2.24, 2.45) is 22.9 Å². The SMILES string of the molecule is C[C@H](NC(=O)[C@H](CS)NC(=O)[C@H](CO)NC(=O)[C@H](C)NC(=O)[C@H]1CCCN1C(=O)[C@H](CCN)NC(=O)[C@H](CCCNC(=N)N)NC(=O)[C@H](Cc1ccc(O)cc1)NC(=O)[C@H](CS)NC(=O)[C@H](Cc1ccc(O)cc1)NC(=O)[C@H](CCC(N)=O)NC(=O)[C@H](CCCCN)NC(=O)[C@H]1CCCN1C(=O)[C@@H]1CCCN1)C(=O)N[C@@H](Cc1c[nH]cn1)C(=O)N[C@@H](Cc1ccc(O)cc1)C(=O)O. The van der Waals surface area contributed by atoms with Crippen molar-refractivity contribution in [2.75, 3.05) is 57.4 Å². The number of H-pyrrole nitrogens is 1. The molecule has 1 aromatic heterocycles. The number of guanidine groups is 1. The van der Waals surface area contributed by atoms with E-state index >= 15 is 0 Å². The second-order valence-electron chi connectivity index (χ2n) is 32.3. The maximum absolute atomic E-state index is 15.0. The van der Waals surface area contributed by atoms with Crippen molar-refractivity contribution in [1.82, 2.24) is 99.5 Å². The Morgan fingerprint density at radius 3 is 1.34 bits per heavy atom. The third-order valence-corrected chi connectivity index (χ3v) is 22.9. The molecule has 3 aliphatic rings. The van der Waals surface area contributed by atoms with Gasteiger partial charge in [0.1, 0.15) is 108 Å². The largest absolute Gasteiger partial charge is 0.508 e. The van der Waals surface area contributed by atoms with Gasteiger partial charge < -0.3 is 143 Å². The van der Waals surface area contributed by atoms with Gasteiger partial charge in [0.15, 0.2) is 5.96 Å². The summed E-state index contributed by atoms with van der Waals surface area (Å²) in [5, 5.41) is 96.8. The van der Waals surface area contributed by atoms with Gasteiger partial charge in [0.05, 0.1) is 24.7 Å². The number of hydrogen-bond donors (Lipinski definition) is 28. The number of carbonyl (C=O) groups excluding carboxylic acids is 16. The topological polar surface area (TPSA) is 735 Å². The van der Waals surface area contributed by atoms with Crippen LogP contribution in [-0.4, -0.2) is 306 Å². The quantitative estimate of drug-likeness (QED) is 0.00845. The van der Waals surface area contributed by atoms with Gasteiger partial charge in [-0.1, -0.05) is 36.4 Å². The number of carboxylic acid groups (broad SMARTS) is 1. The summed E-state index contributed by atoms with van der Waals surface area (Å²) in [6.45, 7) is 2.26. The second-order valence-corrected chi connectivity index (χ2v) is 33.0. The molecule has 7 rings (SSSR count). The number of primary amides is 1. The molecular weight excluding hydrogens is 1760 g/mol. The van der Waals surface area contributed by atoms with Crippen molar-refractivity contribution in [1.29, 1.82) is 5.41 Å². The van der Waals surface area contributed by atoms with Gasteiger partial charge in [0.2, 0.25) is 94.5 Å². The number of phenolic OH excluding ortho intramolecular Hbond substituents is 3. The molecule has 16 atom stereocenters. The van der Waals surface area contributed by atoms with Gasteiger partial charge in [-0.3, -0.25) is 82.1 Å². The summed E-state index contributed by atoms with van der Waals surface area (Å²) in [5.74, 6) is -17.6. The molecule has 0 spiro atoms. The molecule has 4 heterocycles. The summed E-state index contributed by atoms with van der Waals surface area (Å²) in [6, 6.07) is -6.29. The standard InChI is InChI=1S/C84H122N24O22S2/c1-44(68(114)100-60(38-49-39-90-43-93-49)75(121)103-61(83(129)130)37-48-18-24-52(112)25-19-48)94-77(123)63(41-131)106-76(122)62(40-109)104-69(115)45(2)95-79(125)65-12-7-34-108(65)82(128)57(28-30-86)99-71(117)54(10-5-32-92-84(88)89)96-73(119)58(35-46-14-20-50(110)21-15-46)102-78(124)64(42-132)105-74(120)59(36-47-16-22-51(111)23-17-47)101-72(118)55(26-27-67(87)113)97-70(116)53(9-3-4-29-85)98-80(126)66-13-8-33-107(66)81(127)56-11-6-31-91-56/h14-25,39,43-45,53-66,91,109-112,131-132H,3-13,26-38,40-42,85-86H2,1-2H3,(H2,87,113)(H,90,93)(H,94,123)(H,95,125)(H,96,119)(H,97,116)(H,98,126)(H,99,117)(H,100,114)(H,101,118)(H,102,124)(H,103,121)(H,104,115)(H,105,120)(H,106,122)(H,129,130)(H4,88,89,92)/t44-,45-,53-,54-,55-,56-,57-,58-,59-,60-,61-,62-,63-,64-,65+,66+/m0/s1. The molecule has 0 aliphatic carbocycles. The van der Waals surface area contributed by atoms with Gasteiger partial charge in [0, 0.05) is 69.4 Å². The molecular formula is C84H122N24O22S2. The minimum atomic E-state index is -1.78. The average Bonchev–Trinajstić information content (AvgIpc) is 1.65. The first-order valence-electron chi connectivity index (χ1n) is 43.4. The number of imidazole rings is 1. The third kappa shape index (κ3) is 33.5. The fourth-order valence-corrected chi connectivity index (χ4v) is 15.4. The van der Waals surface area contributed by atoms with Crippen molar-refractivity contribution in [3.05, 3.63) is 108 Å². The Bertz CT molecular complexity index is 4630. The predicted octanol–water partition coefficient (Wildman–Crippen LogP) is -7.18. The number of unbranched alkanes of at least 4 members (excludes halogenated alkanes) is 1. The first-order chi connectivity index (χ1) is 62.9. The van der Waals surface area contributed by atoms with E-state index in [0.717, 1.165) is 11.3 Å². The summed E-state index contributed by atoms with van der Waals surface area (Å²) in [7, 11) is 0. The average molecular weight is 1880 g/mol. The molecule has 3 aromatic carbocycles. The summed E-state index contributed by atoms with van der Waals surface area (Å²) in [4.78, 5) is 247. The lowest BCUT2D eigenvalue weighted by Crippen LogP contribution is -2.61. The number of aliphatic hydroxyl groups is 1. The number of carboxylic acids is 1. The number of nitrogens with zero attached hydrogens (tertiary/aromatic N) is 3. The molecule has 0 bridgehead atoms. The number of aromatic amines is 1. The highest BCUT2D eigenvalue weighted by atomic mass is 32.1. The van der Waals surface area contributed by atoms with Crippen LogP contribution in [0.4, 0.5) is 0 Å². The molecule has 16 amide bonds. The van der Waals surface area contributed by atoms with Gasteiger partial charge in [-0.05, 0) is 170 Å². The number of likely N-dealkylation sites (tertiary alicyclic amines) is 2. The molecule has 0 saturated carbocycles. The smallest absolute Gasteiger partial charge is 0.326 e. The number of aliphatic hydroxyl groups excluding tert-OH is 1. The molecule has 0 radical (unpaired) electrons. The van der Waals surface area contributed by atoms with E-state index in [0.29, 0.717) is 61.9 Å². The highest BCUT2D eigenvalue weighted by molar-refractivity contribution is 7.80. The van der Waals surface area contributed by atoms with Crippen molar-refractivity contribution in [3.63, 3.8) is 0 Å². The Hall–Kier alpha value is -12.9. The zero-order valence-corrected chi connectivity index (χ0v) is 74.9. The van der Waals surface area contributed by atoms with Crippen LogP contribution >= 0.6 is 25.3 Å². The maximum Gasteiger partial charge on any atom is 0.326 e. The van der Waals surface area contributed by atoms with Crippen LogP contribution in [0, 0.1) is 5.41 Å². The highest BCUT2D eigenvalue weighted by Gasteiger charge is 2.44. The highest BCUT2D eigenvalue weighted by Crippen LogP contribution is 2.24. The third-order valence-electron chi connectivity index (χ3n) is 22.2. The molecule has 48 heteroatoms. The van der Waals surface area contributed by atoms with E-state index in [1.54, 1.807) is 0 Å². The lowest BCUT2D eigenvalue weighted by atomic mass is 10.0. The summed E-state index contributed by atoms with van der Waals surface area (Å²) in [6.07, 6.45) is 3.48. The number of nitrogens with one attached hydrogen (secondary N) is 17. The first-order valence-corrected chi connectivity index (χ1v) is 44.6. The minimum absolute atomic E-state index is 0.0128. The van der Waals surface area contributed by atoms with E-state index in [-0.39, 0.29) is 119 Å². The van der Waals surface area contributed by atoms with Crippen LogP contribution in [0.25, 0.3) is 0 Å². The number of aliphatic carboxylic acids is 1. The van der Waals surface area contributed by atoms with E-state index in [1.165, 1.54) is 104 Å². The molecule has 3 saturated heterocycles. The Labute approximate surface area is 771 Å². The van der Waals surface area contributed by atoms with E-state index in [1.807, 2.05) is 0 Å². The van der Waals surface area contributed by atoms with E-state index in [9.17, 15) is 107 Å². The van der Waals surface area contributed by atoms with Crippen LogP contribution in [0.5, 0.6) is 17.2 Å². The fourth-order valence-electron chi connectivity index (χ4n) is 14.9.